The van der Waals surface area contributed by atoms with E-state index in [1.165, 1.54) is 37.8 Å². The first-order valence-corrected chi connectivity index (χ1v) is 7.83. The molecule has 1 unspecified atom stereocenters. The lowest BCUT2D eigenvalue weighted by Crippen LogP contribution is -2.33. The highest BCUT2D eigenvalue weighted by Crippen LogP contribution is 2.31. The van der Waals surface area contributed by atoms with Crippen LogP contribution in [0, 0.1) is 17.7 Å². The summed E-state index contributed by atoms with van der Waals surface area (Å²) >= 11 is 0. The molecule has 1 aliphatic carbocycles. The second-order valence-electron chi connectivity index (χ2n) is 5.78. The molecule has 0 bridgehead atoms. The number of carbonyl (C=O) groups excluding carboxylic acids is 1. The molecule has 0 saturated heterocycles. The molecule has 1 fully saturated rings. The Balaban J connectivity index is 1.58. The highest BCUT2D eigenvalue weighted by molar-refractivity contribution is 5.78. The van der Waals surface area contributed by atoms with E-state index in [2.05, 4.69) is 5.32 Å². The predicted octanol–water partition coefficient (Wildman–Crippen LogP) is 3.54. The molecule has 3 nitrogen and oxygen atoms in total. The molecule has 1 aromatic rings. The van der Waals surface area contributed by atoms with E-state index in [-0.39, 0.29) is 17.6 Å². The van der Waals surface area contributed by atoms with Gasteiger partial charge in [0.2, 0.25) is 5.91 Å². The maximum Gasteiger partial charge on any atom is 0.223 e. The minimum absolute atomic E-state index is 0.116. The van der Waals surface area contributed by atoms with Gasteiger partial charge in [-0.15, -0.1) is 0 Å². The Morgan fingerprint density at radius 3 is 2.67 bits per heavy atom. The zero-order valence-corrected chi connectivity index (χ0v) is 12.6. The van der Waals surface area contributed by atoms with Crippen molar-refractivity contribution in [2.24, 2.45) is 11.8 Å². The third kappa shape index (κ3) is 5.03. The van der Waals surface area contributed by atoms with Crippen LogP contribution in [0.1, 0.15) is 39.0 Å². The van der Waals surface area contributed by atoms with E-state index in [0.29, 0.717) is 24.8 Å². The Bertz CT molecular complexity index is 441. The summed E-state index contributed by atoms with van der Waals surface area (Å²) in [7, 11) is 0. The maximum absolute atomic E-state index is 12.7. The van der Waals surface area contributed by atoms with Gasteiger partial charge < -0.3 is 10.1 Å². The molecule has 1 aliphatic rings. The quantitative estimate of drug-likeness (QED) is 0.781. The van der Waals surface area contributed by atoms with Crippen LogP contribution in [0.25, 0.3) is 0 Å². The summed E-state index contributed by atoms with van der Waals surface area (Å²) in [5, 5.41) is 2.98. The molecule has 116 valence electrons. The van der Waals surface area contributed by atoms with Crippen LogP contribution in [0.5, 0.6) is 5.75 Å². The standard InChI is InChI=1S/C17H24FNO2/c1-13(14-5-2-3-6-14)17(20)19-11-4-12-21-16-9-7-15(18)8-10-16/h7-10,13-14H,2-6,11-12H2,1H3,(H,19,20). The number of halogens is 1. The minimum Gasteiger partial charge on any atom is -0.494 e. The van der Waals surface area contributed by atoms with Crippen molar-refractivity contribution in [1.82, 2.24) is 5.32 Å². The van der Waals surface area contributed by atoms with Crippen LogP contribution in [0.15, 0.2) is 24.3 Å². The summed E-state index contributed by atoms with van der Waals surface area (Å²) in [4.78, 5) is 12.0. The van der Waals surface area contributed by atoms with Gasteiger partial charge in [0.15, 0.2) is 0 Å². The fraction of sp³-hybridized carbons (Fsp3) is 0.588. The van der Waals surface area contributed by atoms with E-state index in [4.69, 9.17) is 4.74 Å². The van der Waals surface area contributed by atoms with Gasteiger partial charge in [-0.05, 0) is 49.4 Å². The molecular weight excluding hydrogens is 269 g/mol. The first kappa shape index (κ1) is 15.8. The molecule has 0 radical (unpaired) electrons. The lowest BCUT2D eigenvalue weighted by atomic mass is 9.92. The molecule has 4 heteroatoms. The van der Waals surface area contributed by atoms with Gasteiger partial charge in [-0.25, -0.2) is 4.39 Å². The summed E-state index contributed by atoms with van der Waals surface area (Å²) in [6.45, 7) is 3.17. The van der Waals surface area contributed by atoms with Crippen LogP contribution >= 0.6 is 0 Å². The van der Waals surface area contributed by atoms with E-state index < -0.39 is 0 Å². The van der Waals surface area contributed by atoms with Crippen molar-refractivity contribution >= 4 is 5.91 Å². The van der Waals surface area contributed by atoms with Gasteiger partial charge in [0.1, 0.15) is 11.6 Å². The average molecular weight is 293 g/mol. The zero-order valence-electron chi connectivity index (χ0n) is 12.6. The molecule has 21 heavy (non-hydrogen) atoms. The van der Waals surface area contributed by atoms with Crippen molar-refractivity contribution in [3.05, 3.63) is 30.1 Å². The first-order valence-electron chi connectivity index (χ1n) is 7.83. The van der Waals surface area contributed by atoms with Crippen molar-refractivity contribution in [3.8, 4) is 5.75 Å². The second-order valence-corrected chi connectivity index (χ2v) is 5.78. The number of hydrogen-bond donors (Lipinski definition) is 1. The zero-order chi connectivity index (χ0) is 15.1. The van der Waals surface area contributed by atoms with Gasteiger partial charge in [0.05, 0.1) is 6.61 Å². The van der Waals surface area contributed by atoms with Crippen LogP contribution in [0.3, 0.4) is 0 Å². The number of rotatable bonds is 7. The Kier molecular flexibility index (Phi) is 6.03. The van der Waals surface area contributed by atoms with E-state index in [9.17, 15) is 9.18 Å². The largest absolute Gasteiger partial charge is 0.494 e. The van der Waals surface area contributed by atoms with Crippen LogP contribution in [0.2, 0.25) is 0 Å². The minimum atomic E-state index is -0.268. The van der Waals surface area contributed by atoms with Gasteiger partial charge >= 0.3 is 0 Å². The summed E-state index contributed by atoms with van der Waals surface area (Å²) in [6.07, 6.45) is 5.63. The molecule has 2 rings (SSSR count). The Labute approximate surface area is 125 Å². The first-order chi connectivity index (χ1) is 10.2. The van der Waals surface area contributed by atoms with Gasteiger partial charge in [-0.2, -0.15) is 0 Å². The Morgan fingerprint density at radius 1 is 1.33 bits per heavy atom. The lowest BCUT2D eigenvalue weighted by molar-refractivity contribution is -0.126. The lowest BCUT2D eigenvalue weighted by Gasteiger charge is -2.18. The third-order valence-corrected chi connectivity index (χ3v) is 4.22. The Hall–Kier alpha value is -1.58. The van der Waals surface area contributed by atoms with Gasteiger partial charge in [-0.3, -0.25) is 4.79 Å². The second kappa shape index (κ2) is 8.01. The molecular formula is C17H24FNO2. The van der Waals surface area contributed by atoms with E-state index >= 15 is 0 Å². The molecule has 1 saturated carbocycles. The highest BCUT2D eigenvalue weighted by atomic mass is 19.1. The summed E-state index contributed by atoms with van der Waals surface area (Å²) in [5.74, 6) is 1.22. The van der Waals surface area contributed by atoms with Crippen molar-refractivity contribution in [1.29, 1.82) is 0 Å². The van der Waals surface area contributed by atoms with Crippen LogP contribution in [0.4, 0.5) is 4.39 Å². The molecule has 1 amide bonds. The predicted molar refractivity (Wildman–Crippen MR) is 80.6 cm³/mol. The van der Waals surface area contributed by atoms with Crippen molar-refractivity contribution < 1.29 is 13.9 Å². The topological polar surface area (TPSA) is 38.3 Å². The van der Waals surface area contributed by atoms with Crippen LogP contribution in [-0.4, -0.2) is 19.1 Å². The summed E-state index contributed by atoms with van der Waals surface area (Å²) in [6, 6.07) is 5.97. The smallest absolute Gasteiger partial charge is 0.223 e. The number of hydrogen-bond acceptors (Lipinski definition) is 2. The molecule has 0 spiro atoms. The Morgan fingerprint density at radius 2 is 2.00 bits per heavy atom. The molecule has 1 aromatic carbocycles. The van der Waals surface area contributed by atoms with Crippen molar-refractivity contribution in [2.45, 2.75) is 39.0 Å². The molecule has 0 heterocycles. The monoisotopic (exact) mass is 293 g/mol. The molecule has 1 N–H and O–H groups in total. The van der Waals surface area contributed by atoms with Gasteiger partial charge in [0, 0.05) is 12.5 Å². The molecule has 1 atom stereocenters. The van der Waals surface area contributed by atoms with E-state index in [1.54, 1.807) is 12.1 Å². The highest BCUT2D eigenvalue weighted by Gasteiger charge is 2.26. The van der Waals surface area contributed by atoms with Crippen molar-refractivity contribution in [3.63, 3.8) is 0 Å². The third-order valence-electron chi connectivity index (χ3n) is 4.22. The summed E-state index contributed by atoms with van der Waals surface area (Å²) in [5.41, 5.74) is 0. The molecule has 0 aromatic heterocycles. The fourth-order valence-corrected chi connectivity index (χ4v) is 2.84. The SMILES string of the molecule is CC(C(=O)NCCCOc1ccc(F)cc1)C1CCCC1. The van der Waals surface area contributed by atoms with Crippen LogP contribution < -0.4 is 10.1 Å². The molecule has 0 aliphatic heterocycles. The van der Waals surface area contributed by atoms with Crippen molar-refractivity contribution in [2.75, 3.05) is 13.2 Å². The van der Waals surface area contributed by atoms with Gasteiger partial charge in [0.25, 0.3) is 0 Å². The van der Waals surface area contributed by atoms with Crippen LogP contribution in [-0.2, 0) is 4.79 Å². The number of carbonyl (C=O) groups is 1. The number of amides is 1. The maximum atomic E-state index is 12.7. The number of nitrogens with one attached hydrogen (secondary N) is 1. The van der Waals surface area contributed by atoms with Gasteiger partial charge in [-0.1, -0.05) is 19.8 Å². The fourth-order valence-electron chi connectivity index (χ4n) is 2.84. The average Bonchev–Trinajstić information content (AvgIpc) is 3.02. The van der Waals surface area contributed by atoms with E-state index in [0.717, 1.165) is 6.42 Å². The number of ether oxygens (including phenoxy) is 1. The van der Waals surface area contributed by atoms with E-state index in [1.807, 2.05) is 6.92 Å². The summed E-state index contributed by atoms with van der Waals surface area (Å²) < 4.78 is 18.2. The normalized spacial score (nSPS) is 16.7. The number of benzene rings is 1.